The topological polar surface area (TPSA) is 104 Å². The lowest BCUT2D eigenvalue weighted by atomic mass is 10.0. The number of ether oxygens (including phenoxy) is 2. The van der Waals surface area contributed by atoms with Crippen LogP contribution >= 0.6 is 0 Å². The molecule has 0 aliphatic carbocycles. The number of fused-ring (bicyclic) bond motifs is 1. The standard InChI is InChI=1S/C26H33FN4O5/c1-6-30(7-2)12-11-28-24(32)23-16(4)21(29-17(23)5)14-20-19-13-18(27)9-10-22(19)31(25(20)33)15-36-26(34)35-8-3/h9-10,13-14,29H,6-8,11-12,15H2,1-5H3,(H,28,32)/b20-14-. The second-order valence-electron chi connectivity index (χ2n) is 8.36. The van der Waals surface area contributed by atoms with Crippen LogP contribution in [-0.4, -0.2) is 67.4 Å². The minimum atomic E-state index is -0.904. The third-order valence-electron chi connectivity index (χ3n) is 6.19. The number of aromatic amines is 1. The smallest absolute Gasteiger partial charge is 0.435 e. The summed E-state index contributed by atoms with van der Waals surface area (Å²) in [6, 6.07) is 3.95. The maximum atomic E-state index is 14.1. The van der Waals surface area contributed by atoms with Crippen molar-refractivity contribution >= 4 is 35.3 Å². The van der Waals surface area contributed by atoms with E-state index in [4.69, 9.17) is 9.47 Å². The predicted octanol–water partition coefficient (Wildman–Crippen LogP) is 3.86. The molecule has 0 unspecified atom stereocenters. The van der Waals surface area contributed by atoms with Gasteiger partial charge in [0.2, 0.25) is 0 Å². The van der Waals surface area contributed by atoms with Gasteiger partial charge in [0.15, 0.2) is 6.73 Å². The molecule has 0 atom stereocenters. The van der Waals surface area contributed by atoms with Gasteiger partial charge in [-0.1, -0.05) is 13.8 Å². The first kappa shape index (κ1) is 26.9. The monoisotopic (exact) mass is 500 g/mol. The number of likely N-dealkylation sites (N-methyl/N-ethyl adjacent to an activating group) is 1. The molecule has 3 rings (SSSR count). The molecule has 0 saturated carbocycles. The normalized spacial score (nSPS) is 13.9. The van der Waals surface area contributed by atoms with E-state index in [0.717, 1.165) is 19.6 Å². The Kier molecular flexibility index (Phi) is 8.87. The molecule has 0 radical (unpaired) electrons. The van der Waals surface area contributed by atoms with Crippen LogP contribution in [0.25, 0.3) is 11.6 Å². The van der Waals surface area contributed by atoms with Crippen LogP contribution < -0.4 is 10.2 Å². The fourth-order valence-electron chi connectivity index (χ4n) is 4.23. The number of benzene rings is 1. The highest BCUT2D eigenvalue weighted by atomic mass is 19.1. The van der Waals surface area contributed by atoms with Gasteiger partial charge in [-0.25, -0.2) is 9.18 Å². The van der Waals surface area contributed by atoms with E-state index in [2.05, 4.69) is 29.0 Å². The van der Waals surface area contributed by atoms with Gasteiger partial charge in [-0.05, 0) is 63.7 Å². The van der Waals surface area contributed by atoms with Crippen LogP contribution in [0.2, 0.25) is 0 Å². The first-order chi connectivity index (χ1) is 17.2. The molecule has 0 fully saturated rings. The number of anilines is 1. The van der Waals surface area contributed by atoms with E-state index in [9.17, 15) is 18.8 Å². The summed E-state index contributed by atoms with van der Waals surface area (Å²) in [4.78, 5) is 44.4. The van der Waals surface area contributed by atoms with Gasteiger partial charge < -0.3 is 24.7 Å². The molecular weight excluding hydrogens is 467 g/mol. The summed E-state index contributed by atoms with van der Waals surface area (Å²) in [5.74, 6) is -1.17. The van der Waals surface area contributed by atoms with Gasteiger partial charge in [-0.2, -0.15) is 0 Å². The number of nitrogens with zero attached hydrogens (tertiary/aromatic N) is 2. The zero-order chi connectivity index (χ0) is 26.4. The van der Waals surface area contributed by atoms with Crippen molar-refractivity contribution in [1.29, 1.82) is 0 Å². The highest BCUT2D eigenvalue weighted by Crippen LogP contribution is 2.38. The van der Waals surface area contributed by atoms with Gasteiger partial charge in [-0.3, -0.25) is 14.5 Å². The Labute approximate surface area is 210 Å². The van der Waals surface area contributed by atoms with Crippen molar-refractivity contribution in [3.63, 3.8) is 0 Å². The Morgan fingerprint density at radius 1 is 1.17 bits per heavy atom. The van der Waals surface area contributed by atoms with Crippen molar-refractivity contribution in [2.45, 2.75) is 34.6 Å². The number of hydrogen-bond donors (Lipinski definition) is 2. The molecule has 0 saturated heterocycles. The highest BCUT2D eigenvalue weighted by molar-refractivity contribution is 6.35. The summed E-state index contributed by atoms with van der Waals surface area (Å²) >= 11 is 0. The zero-order valence-electron chi connectivity index (χ0n) is 21.4. The first-order valence-corrected chi connectivity index (χ1v) is 12.0. The fourth-order valence-corrected chi connectivity index (χ4v) is 4.23. The van der Waals surface area contributed by atoms with Crippen molar-refractivity contribution in [1.82, 2.24) is 15.2 Å². The molecule has 10 heteroatoms. The van der Waals surface area contributed by atoms with E-state index < -0.39 is 17.9 Å². The summed E-state index contributed by atoms with van der Waals surface area (Å²) in [5, 5.41) is 2.96. The Bertz CT molecular complexity index is 1170. The third kappa shape index (κ3) is 5.76. The number of carbonyl (C=O) groups excluding carboxylic acids is 3. The Hall–Kier alpha value is -3.66. The van der Waals surface area contributed by atoms with E-state index in [1.807, 2.05) is 0 Å². The molecule has 1 aromatic carbocycles. The Balaban J connectivity index is 1.87. The van der Waals surface area contributed by atoms with Crippen molar-refractivity contribution in [2.24, 2.45) is 0 Å². The molecule has 1 aliphatic rings. The summed E-state index contributed by atoms with van der Waals surface area (Å²) < 4.78 is 23.9. The summed E-state index contributed by atoms with van der Waals surface area (Å²) in [6.07, 6.45) is 0.693. The highest BCUT2D eigenvalue weighted by Gasteiger charge is 2.34. The minimum Gasteiger partial charge on any atom is -0.435 e. The molecule has 2 N–H and O–H groups in total. The average molecular weight is 501 g/mol. The van der Waals surface area contributed by atoms with Gasteiger partial charge >= 0.3 is 6.16 Å². The minimum absolute atomic E-state index is 0.135. The van der Waals surface area contributed by atoms with Crippen LogP contribution in [0.1, 0.15) is 53.6 Å². The van der Waals surface area contributed by atoms with Gasteiger partial charge in [0, 0.05) is 30.0 Å². The Morgan fingerprint density at radius 3 is 2.56 bits per heavy atom. The molecule has 1 aromatic heterocycles. The lowest BCUT2D eigenvalue weighted by Crippen LogP contribution is -2.35. The lowest BCUT2D eigenvalue weighted by molar-refractivity contribution is -0.113. The number of amides is 2. The van der Waals surface area contributed by atoms with Crippen LogP contribution in [0.15, 0.2) is 18.2 Å². The maximum absolute atomic E-state index is 14.1. The van der Waals surface area contributed by atoms with Gasteiger partial charge in [0.1, 0.15) is 5.82 Å². The number of aryl methyl sites for hydroxylation is 1. The van der Waals surface area contributed by atoms with E-state index in [1.54, 1.807) is 26.8 Å². The number of hydrogen-bond acceptors (Lipinski definition) is 6. The van der Waals surface area contributed by atoms with Crippen LogP contribution in [0.5, 0.6) is 0 Å². The van der Waals surface area contributed by atoms with Gasteiger partial charge in [0.25, 0.3) is 11.8 Å². The van der Waals surface area contributed by atoms with Crippen molar-refractivity contribution in [2.75, 3.05) is 44.4 Å². The molecule has 36 heavy (non-hydrogen) atoms. The van der Waals surface area contributed by atoms with Gasteiger partial charge in [-0.15, -0.1) is 0 Å². The molecule has 0 spiro atoms. The van der Waals surface area contributed by atoms with Gasteiger partial charge in [0.05, 0.1) is 23.4 Å². The molecule has 2 heterocycles. The maximum Gasteiger partial charge on any atom is 0.510 e. The molecule has 0 bridgehead atoms. The van der Waals surface area contributed by atoms with Crippen LogP contribution in [-0.2, 0) is 14.3 Å². The van der Waals surface area contributed by atoms with Crippen LogP contribution in [0, 0.1) is 19.7 Å². The molecule has 2 aromatic rings. The molecule has 1 aliphatic heterocycles. The number of rotatable bonds is 10. The van der Waals surface area contributed by atoms with Crippen molar-refractivity contribution in [3.8, 4) is 0 Å². The van der Waals surface area contributed by atoms with Crippen molar-refractivity contribution in [3.05, 3.63) is 52.1 Å². The molecule has 9 nitrogen and oxygen atoms in total. The lowest BCUT2D eigenvalue weighted by Gasteiger charge is -2.18. The quantitative estimate of drug-likeness (QED) is 0.379. The first-order valence-electron chi connectivity index (χ1n) is 12.0. The molecular formula is C26H33FN4O5. The van der Waals surface area contributed by atoms with E-state index in [1.165, 1.54) is 23.1 Å². The number of nitrogens with one attached hydrogen (secondary N) is 2. The average Bonchev–Trinajstić information content (AvgIpc) is 3.27. The number of H-pyrrole nitrogens is 1. The van der Waals surface area contributed by atoms with Crippen LogP contribution in [0.4, 0.5) is 14.9 Å². The largest absolute Gasteiger partial charge is 0.510 e. The Morgan fingerprint density at radius 2 is 1.89 bits per heavy atom. The second-order valence-corrected chi connectivity index (χ2v) is 8.36. The van der Waals surface area contributed by atoms with E-state index in [-0.39, 0.29) is 24.8 Å². The second kappa shape index (κ2) is 11.9. The fraction of sp³-hybridized carbons (Fsp3) is 0.423. The summed E-state index contributed by atoms with van der Waals surface area (Å²) in [6.45, 7) is 12.2. The molecule has 194 valence electrons. The summed E-state index contributed by atoms with van der Waals surface area (Å²) in [5.41, 5.74) is 3.40. The summed E-state index contributed by atoms with van der Waals surface area (Å²) in [7, 11) is 0. The van der Waals surface area contributed by atoms with E-state index in [0.29, 0.717) is 40.3 Å². The number of aromatic nitrogens is 1. The SMILES string of the molecule is CCOC(=O)OCN1C(=O)/C(=C\c2[nH]c(C)c(C(=O)NCCN(CC)CC)c2C)c2cc(F)ccc21. The molecule has 2 amide bonds. The predicted molar refractivity (Wildman–Crippen MR) is 135 cm³/mol. The van der Waals surface area contributed by atoms with Crippen LogP contribution in [0.3, 0.4) is 0 Å². The number of halogens is 1. The van der Waals surface area contributed by atoms with Crippen molar-refractivity contribution < 1.29 is 28.2 Å². The zero-order valence-corrected chi connectivity index (χ0v) is 21.4. The third-order valence-corrected chi connectivity index (χ3v) is 6.19. The number of carbonyl (C=O) groups is 3. The van der Waals surface area contributed by atoms with E-state index >= 15 is 0 Å².